The van der Waals surface area contributed by atoms with Crippen molar-refractivity contribution in [3.63, 3.8) is 0 Å². The smallest absolute Gasteiger partial charge is 0.145 e. The van der Waals surface area contributed by atoms with Crippen molar-refractivity contribution in [1.82, 2.24) is 14.5 Å². The molecule has 0 amide bonds. The maximum absolute atomic E-state index is 14.2. The van der Waals surface area contributed by atoms with Gasteiger partial charge in [-0.2, -0.15) is 0 Å². The topological polar surface area (TPSA) is 21.1 Å². The third kappa shape index (κ3) is 3.46. The van der Waals surface area contributed by atoms with Crippen LogP contribution in [0.1, 0.15) is 22.6 Å². The molecule has 0 saturated heterocycles. The zero-order chi connectivity index (χ0) is 17.2. The summed E-state index contributed by atoms with van der Waals surface area (Å²) in [5.41, 5.74) is 3.09. The Kier molecular flexibility index (Phi) is 4.55. The summed E-state index contributed by atoms with van der Waals surface area (Å²) in [6.07, 6.45) is 2.38. The number of hydrogen-bond donors (Lipinski definition) is 0. The fourth-order valence-electron chi connectivity index (χ4n) is 3.38. The van der Waals surface area contributed by atoms with Crippen LogP contribution in [-0.2, 0) is 26.1 Å². The first-order valence-corrected chi connectivity index (χ1v) is 8.81. The van der Waals surface area contributed by atoms with Gasteiger partial charge < -0.3 is 4.57 Å². The molecule has 5 heteroatoms. The van der Waals surface area contributed by atoms with E-state index in [9.17, 15) is 4.39 Å². The molecule has 25 heavy (non-hydrogen) atoms. The Bertz CT molecular complexity index is 876. The fourth-order valence-corrected chi connectivity index (χ4v) is 3.57. The van der Waals surface area contributed by atoms with Crippen molar-refractivity contribution in [3.8, 4) is 0 Å². The zero-order valence-electron chi connectivity index (χ0n) is 13.8. The molecular formula is C20H19ClFN3. The Morgan fingerprint density at radius 1 is 1.04 bits per heavy atom. The minimum Gasteiger partial charge on any atom is -0.329 e. The first kappa shape index (κ1) is 16.3. The van der Waals surface area contributed by atoms with Crippen LogP contribution in [0, 0.1) is 5.82 Å². The quantitative estimate of drug-likeness (QED) is 0.696. The Hall–Kier alpha value is -2.17. The maximum Gasteiger partial charge on any atom is 0.145 e. The van der Waals surface area contributed by atoms with Crippen LogP contribution in [0.25, 0.3) is 0 Å². The van der Waals surface area contributed by atoms with E-state index in [-0.39, 0.29) is 10.8 Å². The van der Waals surface area contributed by atoms with Crippen molar-refractivity contribution >= 4 is 11.6 Å². The second-order valence-electron chi connectivity index (χ2n) is 6.40. The van der Waals surface area contributed by atoms with Crippen LogP contribution in [0.15, 0.2) is 54.7 Å². The molecule has 0 bridgehead atoms. The highest BCUT2D eigenvalue weighted by molar-refractivity contribution is 6.30. The standard InChI is InChI=1S/C20H19ClFN3/c21-18-8-4-7-16(20(18)22)11-19-23-12-17-14-24(9-10-25(17)19)13-15-5-2-1-3-6-15/h1-8,12H,9-11,13-14H2. The number of halogens is 2. The molecule has 0 N–H and O–H groups in total. The number of fused-ring (bicyclic) bond motifs is 1. The molecule has 0 fully saturated rings. The van der Waals surface area contributed by atoms with E-state index in [0.717, 1.165) is 32.0 Å². The molecule has 3 nitrogen and oxygen atoms in total. The molecule has 0 atom stereocenters. The summed E-state index contributed by atoms with van der Waals surface area (Å²) in [5.74, 6) is 0.554. The normalized spacial score (nSPS) is 14.5. The Balaban J connectivity index is 1.50. The van der Waals surface area contributed by atoms with Gasteiger partial charge in [-0.25, -0.2) is 9.37 Å². The number of rotatable bonds is 4. The van der Waals surface area contributed by atoms with Gasteiger partial charge in [-0.05, 0) is 17.2 Å². The fraction of sp³-hybridized carbons (Fsp3) is 0.250. The van der Waals surface area contributed by atoms with E-state index in [1.807, 2.05) is 12.3 Å². The summed E-state index contributed by atoms with van der Waals surface area (Å²) < 4.78 is 16.4. The van der Waals surface area contributed by atoms with Crippen molar-refractivity contribution in [2.45, 2.75) is 26.1 Å². The summed E-state index contributed by atoms with van der Waals surface area (Å²) in [4.78, 5) is 6.94. The first-order chi connectivity index (χ1) is 12.2. The van der Waals surface area contributed by atoms with Gasteiger partial charge >= 0.3 is 0 Å². The number of imidazole rings is 1. The van der Waals surface area contributed by atoms with E-state index in [1.165, 1.54) is 11.3 Å². The molecule has 0 radical (unpaired) electrons. The third-order valence-corrected chi connectivity index (χ3v) is 4.97. The number of aromatic nitrogens is 2. The summed E-state index contributed by atoms with van der Waals surface area (Å²) in [7, 11) is 0. The van der Waals surface area contributed by atoms with E-state index >= 15 is 0 Å². The SMILES string of the molecule is Fc1c(Cl)cccc1Cc1ncc2n1CCN(Cc1ccccc1)C2. The van der Waals surface area contributed by atoms with E-state index in [0.29, 0.717) is 12.0 Å². The largest absolute Gasteiger partial charge is 0.329 e. The second-order valence-corrected chi connectivity index (χ2v) is 6.81. The molecule has 1 aliphatic rings. The molecule has 128 valence electrons. The molecule has 0 spiro atoms. The number of nitrogens with zero attached hydrogens (tertiary/aromatic N) is 3. The van der Waals surface area contributed by atoms with Crippen LogP contribution in [0.5, 0.6) is 0 Å². The van der Waals surface area contributed by atoms with Gasteiger partial charge in [-0.15, -0.1) is 0 Å². The van der Waals surface area contributed by atoms with Crippen molar-refractivity contribution in [3.05, 3.63) is 88.2 Å². The molecule has 3 aromatic rings. The molecule has 0 unspecified atom stereocenters. The average Bonchev–Trinajstić information content (AvgIpc) is 3.02. The molecule has 0 aliphatic carbocycles. The van der Waals surface area contributed by atoms with Gasteiger partial charge in [-0.3, -0.25) is 4.90 Å². The van der Waals surface area contributed by atoms with Crippen LogP contribution in [0.3, 0.4) is 0 Å². The monoisotopic (exact) mass is 355 g/mol. The van der Waals surface area contributed by atoms with Crippen molar-refractivity contribution in [2.24, 2.45) is 0 Å². The lowest BCUT2D eigenvalue weighted by molar-refractivity contribution is 0.211. The highest BCUT2D eigenvalue weighted by Crippen LogP contribution is 2.23. The Morgan fingerprint density at radius 3 is 2.72 bits per heavy atom. The van der Waals surface area contributed by atoms with Crippen molar-refractivity contribution in [2.75, 3.05) is 6.54 Å². The van der Waals surface area contributed by atoms with E-state index in [2.05, 4.69) is 38.7 Å². The van der Waals surface area contributed by atoms with Gasteiger partial charge in [-0.1, -0.05) is 54.1 Å². The molecule has 1 aliphatic heterocycles. The number of hydrogen-bond acceptors (Lipinski definition) is 2. The highest BCUT2D eigenvalue weighted by atomic mass is 35.5. The molecular weight excluding hydrogens is 337 g/mol. The molecule has 2 aromatic carbocycles. The van der Waals surface area contributed by atoms with Gasteiger partial charge in [0.15, 0.2) is 0 Å². The van der Waals surface area contributed by atoms with E-state index in [1.54, 1.807) is 18.2 Å². The van der Waals surface area contributed by atoms with Gasteiger partial charge in [0.2, 0.25) is 0 Å². The van der Waals surface area contributed by atoms with Gasteiger partial charge in [0.1, 0.15) is 11.6 Å². The third-order valence-electron chi connectivity index (χ3n) is 4.68. The zero-order valence-corrected chi connectivity index (χ0v) is 14.6. The lowest BCUT2D eigenvalue weighted by atomic mass is 10.1. The van der Waals surface area contributed by atoms with Gasteiger partial charge in [0.25, 0.3) is 0 Å². The summed E-state index contributed by atoms with van der Waals surface area (Å²) in [5, 5.41) is 0.164. The van der Waals surface area contributed by atoms with Crippen LogP contribution >= 0.6 is 11.6 Å². The first-order valence-electron chi connectivity index (χ1n) is 8.43. The van der Waals surface area contributed by atoms with E-state index in [4.69, 9.17) is 11.6 Å². The second kappa shape index (κ2) is 6.98. The summed E-state index contributed by atoms with van der Waals surface area (Å²) in [6.45, 7) is 3.63. The van der Waals surface area contributed by atoms with Crippen molar-refractivity contribution in [1.29, 1.82) is 0 Å². The molecule has 1 aromatic heterocycles. The predicted octanol–water partition coefficient (Wildman–Crippen LogP) is 4.28. The van der Waals surface area contributed by atoms with Crippen LogP contribution in [0.2, 0.25) is 5.02 Å². The van der Waals surface area contributed by atoms with Gasteiger partial charge in [0.05, 0.1) is 10.7 Å². The van der Waals surface area contributed by atoms with Crippen LogP contribution < -0.4 is 0 Å². The minimum atomic E-state index is -0.344. The summed E-state index contributed by atoms with van der Waals surface area (Å²) in [6, 6.07) is 15.6. The summed E-state index contributed by atoms with van der Waals surface area (Å²) >= 11 is 5.88. The molecule has 4 rings (SSSR count). The van der Waals surface area contributed by atoms with E-state index < -0.39 is 0 Å². The maximum atomic E-state index is 14.2. The predicted molar refractivity (Wildman–Crippen MR) is 97.0 cm³/mol. The van der Waals surface area contributed by atoms with Crippen LogP contribution in [0.4, 0.5) is 4.39 Å². The highest BCUT2D eigenvalue weighted by Gasteiger charge is 2.20. The number of benzene rings is 2. The lowest BCUT2D eigenvalue weighted by Gasteiger charge is -2.29. The van der Waals surface area contributed by atoms with Gasteiger partial charge in [0, 0.05) is 38.8 Å². The van der Waals surface area contributed by atoms with Crippen molar-refractivity contribution < 1.29 is 4.39 Å². The van der Waals surface area contributed by atoms with Crippen LogP contribution in [-0.4, -0.2) is 21.0 Å². The molecule has 2 heterocycles. The Labute approximate surface area is 151 Å². The lowest BCUT2D eigenvalue weighted by Crippen LogP contribution is -2.33. The minimum absolute atomic E-state index is 0.164. The Morgan fingerprint density at radius 2 is 1.88 bits per heavy atom. The average molecular weight is 356 g/mol. The molecule has 0 saturated carbocycles.